The van der Waals surface area contributed by atoms with Crippen LogP contribution in [0.5, 0.6) is 0 Å². The second-order valence-electron chi connectivity index (χ2n) is 5.65. The van der Waals surface area contributed by atoms with Crippen molar-refractivity contribution in [2.24, 2.45) is 0 Å². The van der Waals surface area contributed by atoms with Crippen molar-refractivity contribution in [2.75, 3.05) is 26.3 Å². The van der Waals surface area contributed by atoms with Gasteiger partial charge in [-0.2, -0.15) is 11.3 Å². The summed E-state index contributed by atoms with van der Waals surface area (Å²) in [7, 11) is 0. The summed E-state index contributed by atoms with van der Waals surface area (Å²) in [6, 6.07) is 1.98. The van der Waals surface area contributed by atoms with Gasteiger partial charge in [-0.15, -0.1) is 0 Å². The maximum Gasteiger partial charge on any atom is 0.317 e. The molecule has 118 valence electrons. The standard InChI is InChI=1S/C15H24N2O3S/c1-11(13-3-6-21-10-13)8-16-15(19)17-4-5-20-9-14(17)7-12(2)18/h3,6,10-12,14,18H,4-5,7-9H2,1-2H3,(H,16,19)/t11-,12+,14+/m1/s1. The molecule has 0 saturated carbocycles. The van der Waals surface area contributed by atoms with E-state index in [0.717, 1.165) is 0 Å². The van der Waals surface area contributed by atoms with Crippen LogP contribution < -0.4 is 5.32 Å². The Hall–Kier alpha value is -1.11. The van der Waals surface area contributed by atoms with Gasteiger partial charge in [0.1, 0.15) is 0 Å². The molecule has 1 aliphatic rings. The SMILES string of the molecule is C[C@H](O)C[C@H]1COCCN1C(=O)NC[C@@H](C)c1ccsc1. The first-order valence-electron chi connectivity index (χ1n) is 7.40. The van der Waals surface area contributed by atoms with Crippen LogP contribution in [0.3, 0.4) is 0 Å². The Morgan fingerprint density at radius 3 is 3.10 bits per heavy atom. The van der Waals surface area contributed by atoms with Crippen LogP contribution >= 0.6 is 11.3 Å². The fourth-order valence-corrected chi connectivity index (χ4v) is 3.31. The summed E-state index contributed by atoms with van der Waals surface area (Å²) in [5, 5.41) is 16.7. The van der Waals surface area contributed by atoms with Gasteiger partial charge in [-0.3, -0.25) is 0 Å². The third kappa shape index (κ3) is 4.69. The lowest BCUT2D eigenvalue weighted by Crippen LogP contribution is -2.53. The van der Waals surface area contributed by atoms with Crippen LogP contribution in [0, 0.1) is 0 Å². The molecule has 21 heavy (non-hydrogen) atoms. The maximum absolute atomic E-state index is 12.3. The van der Waals surface area contributed by atoms with Crippen LogP contribution in [0.25, 0.3) is 0 Å². The van der Waals surface area contributed by atoms with E-state index >= 15 is 0 Å². The number of aliphatic hydroxyl groups excluding tert-OH is 1. The summed E-state index contributed by atoms with van der Waals surface area (Å²) in [5.41, 5.74) is 1.25. The number of ether oxygens (including phenoxy) is 1. The molecule has 1 aromatic heterocycles. The molecule has 2 rings (SSSR count). The highest BCUT2D eigenvalue weighted by Gasteiger charge is 2.28. The lowest BCUT2D eigenvalue weighted by Gasteiger charge is -2.36. The third-order valence-electron chi connectivity index (χ3n) is 3.77. The Morgan fingerprint density at radius 2 is 2.43 bits per heavy atom. The molecule has 0 unspecified atom stereocenters. The first kappa shape index (κ1) is 16.3. The van der Waals surface area contributed by atoms with Gasteiger partial charge in [0.2, 0.25) is 0 Å². The van der Waals surface area contributed by atoms with Crippen LogP contribution in [0.1, 0.15) is 31.7 Å². The molecule has 0 aromatic carbocycles. The monoisotopic (exact) mass is 312 g/mol. The molecule has 1 aliphatic heterocycles. The molecule has 0 bridgehead atoms. The van der Waals surface area contributed by atoms with Gasteiger partial charge >= 0.3 is 6.03 Å². The van der Waals surface area contributed by atoms with Crippen molar-refractivity contribution >= 4 is 17.4 Å². The second-order valence-corrected chi connectivity index (χ2v) is 6.43. The van der Waals surface area contributed by atoms with Crippen molar-refractivity contribution in [2.45, 2.75) is 38.3 Å². The van der Waals surface area contributed by atoms with Crippen molar-refractivity contribution < 1.29 is 14.6 Å². The molecule has 0 radical (unpaired) electrons. The maximum atomic E-state index is 12.3. The number of thiophene rings is 1. The number of carbonyl (C=O) groups is 1. The number of hydrogen-bond donors (Lipinski definition) is 2. The van der Waals surface area contributed by atoms with E-state index in [0.29, 0.717) is 38.6 Å². The van der Waals surface area contributed by atoms with Gasteiger partial charge in [-0.25, -0.2) is 4.79 Å². The topological polar surface area (TPSA) is 61.8 Å². The van der Waals surface area contributed by atoms with Crippen LogP contribution in [0.15, 0.2) is 16.8 Å². The highest BCUT2D eigenvalue weighted by Crippen LogP contribution is 2.18. The molecule has 3 atom stereocenters. The minimum atomic E-state index is -0.434. The number of urea groups is 1. The van der Waals surface area contributed by atoms with Crippen molar-refractivity contribution in [1.82, 2.24) is 10.2 Å². The largest absolute Gasteiger partial charge is 0.393 e. The average molecular weight is 312 g/mol. The second kappa shape index (κ2) is 7.77. The lowest BCUT2D eigenvalue weighted by atomic mass is 10.1. The molecular formula is C15H24N2O3S. The Morgan fingerprint density at radius 1 is 1.62 bits per heavy atom. The average Bonchev–Trinajstić information content (AvgIpc) is 2.98. The molecule has 1 fully saturated rings. The van der Waals surface area contributed by atoms with Gasteiger partial charge < -0.3 is 20.1 Å². The van der Waals surface area contributed by atoms with Gasteiger partial charge in [0.05, 0.1) is 25.4 Å². The number of amides is 2. The summed E-state index contributed by atoms with van der Waals surface area (Å²) >= 11 is 1.67. The summed E-state index contributed by atoms with van der Waals surface area (Å²) in [5.74, 6) is 0.302. The van der Waals surface area contributed by atoms with E-state index in [2.05, 4.69) is 23.7 Å². The van der Waals surface area contributed by atoms with Gasteiger partial charge in [0.15, 0.2) is 0 Å². The van der Waals surface area contributed by atoms with Crippen LogP contribution in [-0.2, 0) is 4.74 Å². The molecule has 2 amide bonds. The van der Waals surface area contributed by atoms with Crippen LogP contribution in [0.4, 0.5) is 4.79 Å². The quantitative estimate of drug-likeness (QED) is 0.874. The fraction of sp³-hybridized carbons (Fsp3) is 0.667. The van der Waals surface area contributed by atoms with Gasteiger partial charge in [-0.05, 0) is 41.7 Å². The zero-order valence-corrected chi connectivity index (χ0v) is 13.4. The third-order valence-corrected chi connectivity index (χ3v) is 4.47. The van der Waals surface area contributed by atoms with E-state index in [-0.39, 0.29) is 12.1 Å². The predicted molar refractivity (Wildman–Crippen MR) is 83.7 cm³/mol. The Bertz CT molecular complexity index is 436. The van der Waals surface area contributed by atoms with E-state index < -0.39 is 6.10 Å². The van der Waals surface area contributed by atoms with E-state index in [1.807, 2.05) is 5.38 Å². The molecule has 6 heteroatoms. The number of hydrogen-bond acceptors (Lipinski definition) is 4. The number of rotatable bonds is 5. The van der Waals surface area contributed by atoms with Gasteiger partial charge in [-0.1, -0.05) is 6.92 Å². The summed E-state index contributed by atoms with van der Waals surface area (Å²) in [6.07, 6.45) is 0.116. The van der Waals surface area contributed by atoms with Crippen LogP contribution in [0.2, 0.25) is 0 Å². The van der Waals surface area contributed by atoms with Gasteiger partial charge in [0.25, 0.3) is 0 Å². The fourth-order valence-electron chi connectivity index (χ4n) is 2.53. The number of aliphatic hydroxyl groups is 1. The highest BCUT2D eigenvalue weighted by atomic mass is 32.1. The predicted octanol–water partition coefficient (Wildman–Crippen LogP) is 2.03. The van der Waals surface area contributed by atoms with E-state index in [1.54, 1.807) is 23.2 Å². The highest BCUT2D eigenvalue weighted by molar-refractivity contribution is 7.07. The number of morpholine rings is 1. The van der Waals surface area contributed by atoms with Crippen molar-refractivity contribution in [3.63, 3.8) is 0 Å². The summed E-state index contributed by atoms with van der Waals surface area (Å²) in [4.78, 5) is 14.1. The molecule has 2 N–H and O–H groups in total. The first-order chi connectivity index (χ1) is 10.1. The Kier molecular flexibility index (Phi) is 6.02. The normalized spacial score (nSPS) is 21.9. The van der Waals surface area contributed by atoms with E-state index in [1.165, 1.54) is 5.56 Å². The summed E-state index contributed by atoms with van der Waals surface area (Å²) < 4.78 is 5.42. The van der Waals surface area contributed by atoms with Crippen LogP contribution in [-0.4, -0.2) is 54.5 Å². The molecule has 1 saturated heterocycles. The zero-order chi connectivity index (χ0) is 15.2. The Balaban J connectivity index is 1.85. The zero-order valence-electron chi connectivity index (χ0n) is 12.6. The molecule has 0 aliphatic carbocycles. The molecule has 0 spiro atoms. The smallest absolute Gasteiger partial charge is 0.317 e. The molecule has 1 aromatic rings. The minimum absolute atomic E-state index is 0.0461. The Labute approximate surface area is 129 Å². The van der Waals surface area contributed by atoms with Gasteiger partial charge in [0, 0.05) is 13.1 Å². The van der Waals surface area contributed by atoms with Crippen molar-refractivity contribution in [1.29, 1.82) is 0 Å². The van der Waals surface area contributed by atoms with Crippen molar-refractivity contribution in [3.05, 3.63) is 22.4 Å². The van der Waals surface area contributed by atoms with E-state index in [4.69, 9.17) is 4.74 Å². The molecule has 5 nitrogen and oxygen atoms in total. The lowest BCUT2D eigenvalue weighted by molar-refractivity contribution is -0.00432. The van der Waals surface area contributed by atoms with E-state index in [9.17, 15) is 9.90 Å². The minimum Gasteiger partial charge on any atom is -0.393 e. The first-order valence-corrected chi connectivity index (χ1v) is 8.34. The van der Waals surface area contributed by atoms with Crippen molar-refractivity contribution in [3.8, 4) is 0 Å². The number of nitrogens with zero attached hydrogens (tertiary/aromatic N) is 1. The molecule has 2 heterocycles. The summed E-state index contributed by atoms with van der Waals surface area (Å²) in [6.45, 7) is 6.10. The number of nitrogens with one attached hydrogen (secondary N) is 1. The molecular weight excluding hydrogens is 288 g/mol. The number of carbonyl (C=O) groups excluding carboxylic acids is 1.